The number of hydrogen-bond acceptors (Lipinski definition) is 1. The lowest BCUT2D eigenvalue weighted by Crippen LogP contribution is -1.90. The maximum Gasteiger partial charge on any atom is 0.0709 e. The molecule has 0 unspecified atom stereocenters. The zero-order valence-electron chi connectivity index (χ0n) is 10.5. The first-order valence-corrected chi connectivity index (χ1v) is 6.26. The smallest absolute Gasteiger partial charge is 0.0709 e. The van der Waals surface area contributed by atoms with E-state index in [0.717, 1.165) is 22.5 Å². The summed E-state index contributed by atoms with van der Waals surface area (Å²) in [6, 6.07) is 16.3. The summed E-state index contributed by atoms with van der Waals surface area (Å²) in [6.45, 7) is 0. The molecule has 1 heterocycles. The highest BCUT2D eigenvalue weighted by Gasteiger charge is 2.03. The quantitative estimate of drug-likeness (QED) is 0.712. The summed E-state index contributed by atoms with van der Waals surface area (Å²) in [4.78, 5) is 4.73. The van der Waals surface area contributed by atoms with Crippen LogP contribution in [-0.4, -0.2) is 4.98 Å². The molecular weight excluding hydrogens is 230 g/mol. The van der Waals surface area contributed by atoms with E-state index in [1.165, 1.54) is 0 Å². The fraction of sp³-hybridized carbons (Fsp3) is 0. The molecule has 0 spiro atoms. The van der Waals surface area contributed by atoms with Crippen LogP contribution >= 0.6 is 0 Å². The molecule has 1 aliphatic carbocycles. The molecule has 1 nitrogen and oxygen atoms in total. The van der Waals surface area contributed by atoms with Crippen molar-refractivity contribution < 1.29 is 0 Å². The van der Waals surface area contributed by atoms with Gasteiger partial charge in [0.2, 0.25) is 0 Å². The van der Waals surface area contributed by atoms with E-state index in [0.29, 0.717) is 0 Å². The lowest BCUT2D eigenvalue weighted by Gasteiger charge is -2.05. The molecule has 0 saturated carbocycles. The Labute approximate surface area is 112 Å². The molecule has 1 aliphatic rings. The van der Waals surface area contributed by atoms with Crippen LogP contribution in [0.25, 0.3) is 16.8 Å². The largest absolute Gasteiger partial charge is 0.248 e. The van der Waals surface area contributed by atoms with Crippen molar-refractivity contribution >= 4 is 5.57 Å². The van der Waals surface area contributed by atoms with Crippen LogP contribution in [-0.2, 0) is 0 Å². The Morgan fingerprint density at radius 1 is 0.789 bits per heavy atom. The third-order valence-electron chi connectivity index (χ3n) is 2.94. The first-order valence-electron chi connectivity index (χ1n) is 6.26. The Balaban J connectivity index is 2.02. The minimum absolute atomic E-state index is 0.978. The van der Waals surface area contributed by atoms with E-state index in [9.17, 15) is 0 Å². The number of rotatable bonds is 2. The SMILES string of the molecule is C1=CC=CC(c2cccc(-c3ccccc3)n2)=CC=1. The Kier molecular flexibility index (Phi) is 3.22. The second-order valence-corrected chi connectivity index (χ2v) is 4.26. The van der Waals surface area contributed by atoms with E-state index in [4.69, 9.17) is 4.98 Å². The first kappa shape index (κ1) is 11.5. The van der Waals surface area contributed by atoms with Gasteiger partial charge in [-0.2, -0.15) is 0 Å². The summed E-state index contributed by atoms with van der Waals surface area (Å²) in [5, 5.41) is 0. The highest BCUT2D eigenvalue weighted by atomic mass is 14.7. The van der Waals surface area contributed by atoms with Gasteiger partial charge in [-0.1, -0.05) is 48.6 Å². The van der Waals surface area contributed by atoms with Gasteiger partial charge >= 0.3 is 0 Å². The molecule has 0 aliphatic heterocycles. The van der Waals surface area contributed by atoms with Crippen LogP contribution in [0.5, 0.6) is 0 Å². The van der Waals surface area contributed by atoms with Crippen molar-refractivity contribution in [2.45, 2.75) is 0 Å². The topological polar surface area (TPSA) is 12.9 Å². The molecule has 0 radical (unpaired) electrons. The van der Waals surface area contributed by atoms with Crippen molar-refractivity contribution in [3.63, 3.8) is 0 Å². The summed E-state index contributed by atoms with van der Waals surface area (Å²) < 4.78 is 0. The van der Waals surface area contributed by atoms with Crippen LogP contribution in [0.4, 0.5) is 0 Å². The first-order chi connectivity index (χ1) is 9.43. The summed E-state index contributed by atoms with van der Waals surface area (Å²) in [7, 11) is 0. The van der Waals surface area contributed by atoms with Gasteiger partial charge in [0, 0.05) is 11.1 Å². The lowest BCUT2D eigenvalue weighted by atomic mass is 10.1. The number of benzene rings is 1. The average molecular weight is 243 g/mol. The third kappa shape index (κ3) is 2.62. The van der Waals surface area contributed by atoms with Crippen molar-refractivity contribution in [1.29, 1.82) is 0 Å². The molecule has 2 aromatic rings. The molecule has 0 atom stereocenters. The monoisotopic (exact) mass is 243 g/mol. The van der Waals surface area contributed by atoms with E-state index in [1.54, 1.807) is 0 Å². The number of allylic oxidation sites excluding steroid dienone is 5. The maximum atomic E-state index is 4.73. The van der Waals surface area contributed by atoms with Crippen LogP contribution in [0.1, 0.15) is 5.69 Å². The molecule has 1 aromatic carbocycles. The molecule has 0 fully saturated rings. The van der Waals surface area contributed by atoms with E-state index in [-0.39, 0.29) is 0 Å². The third-order valence-corrected chi connectivity index (χ3v) is 2.94. The van der Waals surface area contributed by atoms with Crippen LogP contribution in [0, 0.1) is 0 Å². The van der Waals surface area contributed by atoms with Crippen LogP contribution in [0.15, 0.2) is 84.6 Å². The van der Waals surface area contributed by atoms with Gasteiger partial charge in [0.05, 0.1) is 11.4 Å². The Bertz CT molecular complexity index is 699. The molecule has 0 saturated heterocycles. The fourth-order valence-corrected chi connectivity index (χ4v) is 1.99. The Hall–Kier alpha value is -2.63. The second-order valence-electron chi connectivity index (χ2n) is 4.26. The van der Waals surface area contributed by atoms with Gasteiger partial charge in [-0.15, -0.1) is 5.73 Å². The number of hydrogen-bond donors (Lipinski definition) is 0. The number of nitrogens with zero attached hydrogens (tertiary/aromatic N) is 1. The van der Waals surface area contributed by atoms with E-state index >= 15 is 0 Å². The summed E-state index contributed by atoms with van der Waals surface area (Å²) in [5.74, 6) is 0. The molecule has 90 valence electrons. The molecule has 1 aromatic heterocycles. The van der Waals surface area contributed by atoms with Crippen LogP contribution in [0.3, 0.4) is 0 Å². The minimum Gasteiger partial charge on any atom is -0.248 e. The maximum absolute atomic E-state index is 4.73. The van der Waals surface area contributed by atoms with E-state index < -0.39 is 0 Å². The molecular formula is C18H13N. The molecule has 0 N–H and O–H groups in total. The van der Waals surface area contributed by atoms with Crippen molar-refractivity contribution in [3.8, 4) is 11.3 Å². The summed E-state index contributed by atoms with van der Waals surface area (Å²) in [5.41, 5.74) is 7.26. The Morgan fingerprint density at radius 3 is 2.53 bits per heavy atom. The number of pyridine rings is 1. The Morgan fingerprint density at radius 2 is 1.63 bits per heavy atom. The van der Waals surface area contributed by atoms with Crippen molar-refractivity contribution in [3.05, 3.63) is 90.3 Å². The van der Waals surface area contributed by atoms with Crippen LogP contribution in [0.2, 0.25) is 0 Å². The van der Waals surface area contributed by atoms with Gasteiger partial charge in [-0.25, -0.2) is 4.98 Å². The van der Waals surface area contributed by atoms with E-state index in [1.807, 2.05) is 66.8 Å². The lowest BCUT2D eigenvalue weighted by molar-refractivity contribution is 1.28. The van der Waals surface area contributed by atoms with E-state index in [2.05, 4.69) is 17.9 Å². The summed E-state index contributed by atoms with van der Waals surface area (Å²) >= 11 is 0. The van der Waals surface area contributed by atoms with Gasteiger partial charge < -0.3 is 0 Å². The van der Waals surface area contributed by atoms with Crippen molar-refractivity contribution in [2.24, 2.45) is 0 Å². The average Bonchev–Trinajstić information content (AvgIpc) is 2.77. The molecule has 1 heteroatoms. The normalized spacial score (nSPS) is 13.2. The van der Waals surface area contributed by atoms with Gasteiger partial charge in [0.1, 0.15) is 0 Å². The predicted octanol–water partition coefficient (Wildman–Crippen LogP) is 4.41. The van der Waals surface area contributed by atoms with Gasteiger partial charge in [0.15, 0.2) is 0 Å². The molecule has 19 heavy (non-hydrogen) atoms. The van der Waals surface area contributed by atoms with Gasteiger partial charge in [-0.3, -0.25) is 0 Å². The second kappa shape index (κ2) is 5.34. The molecule has 0 bridgehead atoms. The number of aromatic nitrogens is 1. The van der Waals surface area contributed by atoms with Gasteiger partial charge in [-0.05, 0) is 30.4 Å². The van der Waals surface area contributed by atoms with Crippen LogP contribution < -0.4 is 0 Å². The summed E-state index contributed by atoms with van der Waals surface area (Å²) in [6.07, 6.45) is 9.85. The zero-order chi connectivity index (χ0) is 12.9. The standard InChI is InChI=1S/C18H13N/c1-2-5-10-15(9-4-1)17-13-8-14-18(19-17)16-11-6-3-7-12-16/h1,3-14H. The predicted molar refractivity (Wildman–Crippen MR) is 79.4 cm³/mol. The molecule has 0 amide bonds. The van der Waals surface area contributed by atoms with Crippen molar-refractivity contribution in [1.82, 2.24) is 4.98 Å². The fourth-order valence-electron chi connectivity index (χ4n) is 1.99. The van der Waals surface area contributed by atoms with Gasteiger partial charge in [0.25, 0.3) is 0 Å². The minimum atomic E-state index is 0.978. The highest BCUT2D eigenvalue weighted by molar-refractivity contribution is 5.75. The molecule has 3 rings (SSSR count). The zero-order valence-corrected chi connectivity index (χ0v) is 10.5. The van der Waals surface area contributed by atoms with Crippen molar-refractivity contribution in [2.75, 3.05) is 0 Å². The highest BCUT2D eigenvalue weighted by Crippen LogP contribution is 2.21.